The second-order valence-electron chi connectivity index (χ2n) is 5.00. The predicted molar refractivity (Wildman–Crippen MR) is 86.2 cm³/mol. The number of rotatable bonds is 4. The van der Waals surface area contributed by atoms with Gasteiger partial charge in [0.25, 0.3) is 0 Å². The quantitative estimate of drug-likeness (QED) is 0.813. The molecule has 0 N–H and O–H groups in total. The number of hydrogen-bond donors (Lipinski definition) is 0. The molecule has 1 saturated heterocycles. The van der Waals surface area contributed by atoms with E-state index in [0.717, 1.165) is 49.8 Å². The van der Waals surface area contributed by atoms with Crippen molar-refractivity contribution in [2.45, 2.75) is 13.3 Å². The van der Waals surface area contributed by atoms with E-state index in [1.165, 1.54) is 10.3 Å². The van der Waals surface area contributed by atoms with Crippen molar-refractivity contribution in [1.82, 2.24) is 14.9 Å². The molecule has 0 unspecified atom stereocenters. The van der Waals surface area contributed by atoms with Gasteiger partial charge < -0.3 is 4.90 Å². The first-order chi connectivity index (χ1) is 9.81. The van der Waals surface area contributed by atoms with Crippen molar-refractivity contribution in [2.24, 2.45) is 0 Å². The molecule has 6 heteroatoms. The molecule has 3 heterocycles. The Labute approximate surface area is 128 Å². The smallest absolute Gasteiger partial charge is 0.140 e. The van der Waals surface area contributed by atoms with Crippen molar-refractivity contribution in [3.63, 3.8) is 0 Å². The number of nitrogens with zero attached hydrogens (tertiary/aromatic N) is 4. The average molecular weight is 311 g/mol. The second-order valence-corrected chi connectivity index (χ2v) is 6.49. The Morgan fingerprint density at radius 2 is 2.05 bits per heavy atom. The first kappa shape index (κ1) is 14.0. The van der Waals surface area contributed by atoms with Crippen LogP contribution in [0.2, 0.25) is 0 Å². The molecule has 2 aromatic heterocycles. The molecule has 0 radical (unpaired) electrons. The number of anilines is 1. The molecule has 0 spiro atoms. The highest BCUT2D eigenvalue weighted by atomic mass is 35.5. The summed E-state index contributed by atoms with van der Waals surface area (Å²) in [5, 5.41) is 1.21. The van der Waals surface area contributed by atoms with Gasteiger partial charge in [-0.25, -0.2) is 9.97 Å². The van der Waals surface area contributed by atoms with E-state index in [9.17, 15) is 0 Å². The summed E-state index contributed by atoms with van der Waals surface area (Å²) >= 11 is 7.59. The number of halogens is 1. The number of fused-ring (bicyclic) bond motifs is 1. The van der Waals surface area contributed by atoms with E-state index < -0.39 is 0 Å². The zero-order valence-corrected chi connectivity index (χ0v) is 13.3. The minimum Gasteiger partial charge on any atom is -0.353 e. The van der Waals surface area contributed by atoms with Gasteiger partial charge in [-0.05, 0) is 12.5 Å². The Morgan fingerprint density at radius 3 is 2.75 bits per heavy atom. The lowest BCUT2D eigenvalue weighted by atomic mass is 10.2. The minimum atomic E-state index is 0.710. The van der Waals surface area contributed by atoms with Crippen LogP contribution in [0.25, 0.3) is 10.2 Å². The van der Waals surface area contributed by atoms with Crippen LogP contribution in [0.15, 0.2) is 12.4 Å². The van der Waals surface area contributed by atoms with Crippen LogP contribution < -0.4 is 4.90 Å². The van der Waals surface area contributed by atoms with Crippen LogP contribution in [0, 0.1) is 0 Å². The molecule has 1 aliphatic rings. The minimum absolute atomic E-state index is 0.710. The fraction of sp³-hybridized carbons (Fsp3) is 0.571. The monoisotopic (exact) mass is 310 g/mol. The van der Waals surface area contributed by atoms with E-state index in [-0.39, 0.29) is 0 Å². The zero-order valence-electron chi connectivity index (χ0n) is 11.7. The maximum atomic E-state index is 5.81. The molecule has 0 bridgehead atoms. The molecule has 1 fully saturated rings. The average Bonchev–Trinajstić information content (AvgIpc) is 2.91. The fourth-order valence-corrected chi connectivity index (χ4v) is 3.79. The molecule has 2 aromatic rings. The van der Waals surface area contributed by atoms with Crippen molar-refractivity contribution in [2.75, 3.05) is 43.5 Å². The fourth-order valence-electron chi connectivity index (χ4n) is 2.62. The van der Waals surface area contributed by atoms with Crippen LogP contribution in [0.4, 0.5) is 5.82 Å². The summed E-state index contributed by atoms with van der Waals surface area (Å²) in [5.41, 5.74) is 0. The van der Waals surface area contributed by atoms with Crippen LogP contribution in [-0.4, -0.2) is 53.5 Å². The van der Waals surface area contributed by atoms with Gasteiger partial charge >= 0.3 is 0 Å². The van der Waals surface area contributed by atoms with Gasteiger partial charge in [-0.3, -0.25) is 4.90 Å². The Bertz CT molecular complexity index is 578. The van der Waals surface area contributed by atoms with E-state index in [1.807, 2.05) is 0 Å². The number of aryl methyl sites for hydroxylation is 1. The van der Waals surface area contributed by atoms with Crippen LogP contribution in [-0.2, 0) is 6.42 Å². The maximum Gasteiger partial charge on any atom is 0.140 e. The molecular weight excluding hydrogens is 292 g/mol. The van der Waals surface area contributed by atoms with Crippen LogP contribution in [0.5, 0.6) is 0 Å². The Hall–Kier alpha value is -0.910. The molecule has 0 atom stereocenters. The molecule has 0 saturated carbocycles. The van der Waals surface area contributed by atoms with E-state index in [4.69, 9.17) is 11.6 Å². The third-order valence-electron chi connectivity index (χ3n) is 3.78. The molecule has 20 heavy (non-hydrogen) atoms. The van der Waals surface area contributed by atoms with E-state index in [1.54, 1.807) is 17.7 Å². The second kappa shape index (κ2) is 6.24. The van der Waals surface area contributed by atoms with Gasteiger partial charge in [-0.2, -0.15) is 0 Å². The lowest BCUT2D eigenvalue weighted by Crippen LogP contribution is -2.47. The SMILES string of the molecule is CCc1cc2c(N3CCN(CCCl)CC3)ncnc2s1. The van der Waals surface area contributed by atoms with Crippen LogP contribution >= 0.6 is 22.9 Å². The van der Waals surface area contributed by atoms with Crippen molar-refractivity contribution < 1.29 is 0 Å². The topological polar surface area (TPSA) is 32.3 Å². The summed E-state index contributed by atoms with van der Waals surface area (Å²) in [6.45, 7) is 7.31. The number of aromatic nitrogens is 2. The first-order valence-electron chi connectivity index (χ1n) is 7.08. The third-order valence-corrected chi connectivity index (χ3v) is 5.14. The molecule has 0 amide bonds. The third kappa shape index (κ3) is 2.75. The van der Waals surface area contributed by atoms with E-state index in [2.05, 4.69) is 32.8 Å². The Kier molecular flexibility index (Phi) is 4.38. The number of hydrogen-bond acceptors (Lipinski definition) is 5. The van der Waals surface area contributed by atoms with Gasteiger partial charge in [-0.1, -0.05) is 6.92 Å². The van der Waals surface area contributed by atoms with Gasteiger partial charge in [0.15, 0.2) is 0 Å². The number of alkyl halides is 1. The summed E-state index contributed by atoms with van der Waals surface area (Å²) in [4.78, 5) is 16.2. The first-order valence-corrected chi connectivity index (χ1v) is 8.43. The summed E-state index contributed by atoms with van der Waals surface area (Å²) in [7, 11) is 0. The summed E-state index contributed by atoms with van der Waals surface area (Å²) in [6, 6.07) is 2.25. The van der Waals surface area contributed by atoms with E-state index >= 15 is 0 Å². The highest BCUT2D eigenvalue weighted by Crippen LogP contribution is 2.30. The molecule has 3 rings (SSSR count). The van der Waals surface area contributed by atoms with Crippen molar-refractivity contribution in [3.8, 4) is 0 Å². The molecule has 0 aromatic carbocycles. The van der Waals surface area contributed by atoms with Gasteiger partial charge in [0, 0.05) is 43.5 Å². The summed E-state index contributed by atoms with van der Waals surface area (Å²) in [5.74, 6) is 1.80. The largest absolute Gasteiger partial charge is 0.353 e. The summed E-state index contributed by atoms with van der Waals surface area (Å²) in [6.07, 6.45) is 2.75. The Morgan fingerprint density at radius 1 is 1.25 bits per heavy atom. The van der Waals surface area contributed by atoms with Crippen molar-refractivity contribution in [3.05, 3.63) is 17.3 Å². The van der Waals surface area contributed by atoms with Gasteiger partial charge in [0.2, 0.25) is 0 Å². The molecule has 1 aliphatic heterocycles. The van der Waals surface area contributed by atoms with Crippen LogP contribution in [0.1, 0.15) is 11.8 Å². The number of thiophene rings is 1. The van der Waals surface area contributed by atoms with Gasteiger partial charge in [0.1, 0.15) is 17.0 Å². The van der Waals surface area contributed by atoms with Gasteiger partial charge in [-0.15, -0.1) is 22.9 Å². The highest BCUT2D eigenvalue weighted by molar-refractivity contribution is 7.18. The van der Waals surface area contributed by atoms with Crippen LogP contribution in [0.3, 0.4) is 0 Å². The standard InChI is InChI=1S/C14H19ClN4S/c1-2-11-9-12-13(16-10-17-14(12)20-11)19-7-5-18(4-3-15)6-8-19/h9-10H,2-8H2,1H3. The highest BCUT2D eigenvalue weighted by Gasteiger charge is 2.20. The van der Waals surface area contributed by atoms with Crippen molar-refractivity contribution >= 4 is 39.0 Å². The summed E-state index contributed by atoms with van der Waals surface area (Å²) < 4.78 is 0. The Balaban J connectivity index is 1.82. The lowest BCUT2D eigenvalue weighted by molar-refractivity contribution is 0.272. The molecule has 0 aliphatic carbocycles. The maximum absolute atomic E-state index is 5.81. The lowest BCUT2D eigenvalue weighted by Gasteiger charge is -2.35. The van der Waals surface area contributed by atoms with Crippen molar-refractivity contribution in [1.29, 1.82) is 0 Å². The molecule has 108 valence electrons. The molecule has 4 nitrogen and oxygen atoms in total. The zero-order chi connectivity index (χ0) is 13.9. The van der Waals surface area contributed by atoms with E-state index in [0.29, 0.717) is 5.88 Å². The predicted octanol–water partition coefficient (Wildman–Crippen LogP) is 2.61. The number of piperazine rings is 1. The molecular formula is C14H19ClN4S. The normalized spacial score (nSPS) is 17.0. The van der Waals surface area contributed by atoms with Gasteiger partial charge in [0.05, 0.1) is 5.39 Å².